The molecule has 0 aliphatic heterocycles. The van der Waals surface area contributed by atoms with Gasteiger partial charge in [-0.15, -0.1) is 0 Å². The Hall–Kier alpha value is -6.59. The van der Waals surface area contributed by atoms with Crippen LogP contribution in [0, 0.1) is 5.92 Å². The van der Waals surface area contributed by atoms with Crippen molar-refractivity contribution < 1.29 is 0 Å². The molecule has 0 unspecified atom stereocenters. The first-order chi connectivity index (χ1) is 27.2. The highest BCUT2D eigenvalue weighted by Crippen LogP contribution is 2.55. The van der Waals surface area contributed by atoms with Crippen molar-refractivity contribution in [3.8, 4) is 79.2 Å². The van der Waals surface area contributed by atoms with Gasteiger partial charge in [-0.05, 0) is 72.3 Å². The molecule has 8 aromatic rings. The second kappa shape index (κ2) is 14.0. The predicted molar refractivity (Wildman–Crippen MR) is 222 cm³/mol. The van der Waals surface area contributed by atoms with Gasteiger partial charge in [0.15, 0.2) is 23.3 Å². The average molecular weight is 710 g/mol. The van der Waals surface area contributed by atoms with E-state index in [2.05, 4.69) is 109 Å². The molecule has 6 aromatic carbocycles. The van der Waals surface area contributed by atoms with Crippen LogP contribution >= 0.6 is 0 Å². The lowest BCUT2D eigenvalue weighted by Gasteiger charge is -2.27. The highest BCUT2D eigenvalue weighted by molar-refractivity contribution is 5.82. The van der Waals surface area contributed by atoms with Gasteiger partial charge in [0.2, 0.25) is 0 Å². The Kier molecular flexibility index (Phi) is 8.40. The molecule has 0 spiro atoms. The van der Waals surface area contributed by atoms with E-state index in [9.17, 15) is 0 Å². The molecule has 0 amide bonds. The molecule has 2 aliphatic rings. The molecular formula is C50H39N5. The summed E-state index contributed by atoms with van der Waals surface area (Å²) >= 11 is 0. The number of benzene rings is 6. The molecule has 2 heterocycles. The summed E-state index contributed by atoms with van der Waals surface area (Å²) in [4.78, 5) is 25.6. The third kappa shape index (κ3) is 6.42. The SMILES string of the molecule is c1ccc(-c2nc(-c3ccc(C45CCC(CC4)C5)cc3)cc(-c3cccc(-c4nc(-c5ccccc5)nc(-c5ccccc5-c5ccccc5)n4)c3)n2)cc1. The highest BCUT2D eigenvalue weighted by atomic mass is 15.0. The van der Waals surface area contributed by atoms with Crippen LogP contribution in [0.2, 0.25) is 0 Å². The van der Waals surface area contributed by atoms with Crippen molar-refractivity contribution in [3.05, 3.63) is 175 Å². The molecule has 5 heteroatoms. The number of nitrogens with zero attached hydrogens (tertiary/aromatic N) is 5. The molecule has 0 radical (unpaired) electrons. The molecule has 2 fully saturated rings. The fraction of sp³-hybridized carbons (Fsp3) is 0.140. The molecule has 5 nitrogen and oxygen atoms in total. The molecule has 0 saturated heterocycles. The largest absolute Gasteiger partial charge is 0.228 e. The molecule has 264 valence electrons. The molecule has 0 atom stereocenters. The summed E-state index contributed by atoms with van der Waals surface area (Å²) in [6.07, 6.45) is 6.72. The summed E-state index contributed by atoms with van der Waals surface area (Å²) in [6, 6.07) is 58.8. The number of hydrogen-bond acceptors (Lipinski definition) is 5. The Morgan fingerprint density at radius 1 is 0.364 bits per heavy atom. The Labute approximate surface area is 321 Å². The quantitative estimate of drug-likeness (QED) is 0.157. The maximum absolute atomic E-state index is 5.16. The Balaban J connectivity index is 1.08. The number of aromatic nitrogens is 5. The Bertz CT molecular complexity index is 2610. The maximum atomic E-state index is 5.16. The Morgan fingerprint density at radius 3 is 1.47 bits per heavy atom. The van der Waals surface area contributed by atoms with Crippen LogP contribution in [0.4, 0.5) is 0 Å². The van der Waals surface area contributed by atoms with E-state index < -0.39 is 0 Å². The van der Waals surface area contributed by atoms with Crippen molar-refractivity contribution in [2.24, 2.45) is 5.92 Å². The molecular weight excluding hydrogens is 671 g/mol. The summed E-state index contributed by atoms with van der Waals surface area (Å²) in [5.41, 5.74) is 11.6. The van der Waals surface area contributed by atoms with Gasteiger partial charge < -0.3 is 0 Å². The summed E-state index contributed by atoms with van der Waals surface area (Å²) in [5.74, 6) is 3.45. The Morgan fingerprint density at radius 2 is 0.855 bits per heavy atom. The highest BCUT2D eigenvalue weighted by Gasteiger charge is 2.45. The van der Waals surface area contributed by atoms with Crippen molar-refractivity contribution in [3.63, 3.8) is 0 Å². The predicted octanol–water partition coefficient (Wildman–Crippen LogP) is 12.2. The van der Waals surface area contributed by atoms with Crippen LogP contribution in [0.25, 0.3) is 79.2 Å². The van der Waals surface area contributed by atoms with Gasteiger partial charge in [0.25, 0.3) is 0 Å². The molecule has 2 aliphatic carbocycles. The second-order valence-electron chi connectivity index (χ2n) is 15.0. The number of hydrogen-bond donors (Lipinski definition) is 0. The van der Waals surface area contributed by atoms with E-state index in [0.717, 1.165) is 61.8 Å². The maximum Gasteiger partial charge on any atom is 0.164 e. The lowest BCUT2D eigenvalue weighted by Crippen LogP contribution is -2.19. The summed E-state index contributed by atoms with van der Waals surface area (Å²) in [7, 11) is 0. The van der Waals surface area contributed by atoms with Crippen molar-refractivity contribution in [1.82, 2.24) is 24.9 Å². The topological polar surface area (TPSA) is 64.5 Å². The van der Waals surface area contributed by atoms with Crippen LogP contribution in [-0.2, 0) is 5.41 Å². The fourth-order valence-electron chi connectivity index (χ4n) is 8.76. The monoisotopic (exact) mass is 709 g/mol. The fourth-order valence-corrected chi connectivity index (χ4v) is 8.76. The van der Waals surface area contributed by atoms with Crippen molar-refractivity contribution >= 4 is 0 Å². The van der Waals surface area contributed by atoms with Gasteiger partial charge in [0, 0.05) is 33.4 Å². The van der Waals surface area contributed by atoms with E-state index in [0.29, 0.717) is 28.7 Å². The summed E-state index contributed by atoms with van der Waals surface area (Å²) in [6.45, 7) is 0. The second-order valence-corrected chi connectivity index (χ2v) is 15.0. The van der Waals surface area contributed by atoms with E-state index >= 15 is 0 Å². The first-order valence-corrected chi connectivity index (χ1v) is 19.3. The molecule has 2 aromatic heterocycles. The van der Waals surface area contributed by atoms with Crippen molar-refractivity contribution in [2.45, 2.75) is 37.5 Å². The zero-order valence-electron chi connectivity index (χ0n) is 30.5. The lowest BCUT2D eigenvalue weighted by atomic mass is 9.77. The van der Waals surface area contributed by atoms with Gasteiger partial charge in [-0.3, -0.25) is 0 Å². The van der Waals surface area contributed by atoms with Gasteiger partial charge in [-0.1, -0.05) is 158 Å². The van der Waals surface area contributed by atoms with Gasteiger partial charge in [0.05, 0.1) is 11.4 Å². The van der Waals surface area contributed by atoms with E-state index in [1.807, 2.05) is 60.7 Å². The molecule has 0 N–H and O–H groups in total. The number of rotatable bonds is 8. The van der Waals surface area contributed by atoms with Crippen molar-refractivity contribution in [2.75, 3.05) is 0 Å². The van der Waals surface area contributed by atoms with E-state index in [1.54, 1.807) is 0 Å². The normalized spacial score (nSPS) is 17.3. The lowest BCUT2D eigenvalue weighted by molar-refractivity contribution is 0.419. The van der Waals surface area contributed by atoms with Gasteiger partial charge >= 0.3 is 0 Å². The minimum atomic E-state index is 0.370. The van der Waals surface area contributed by atoms with Crippen LogP contribution in [0.5, 0.6) is 0 Å². The third-order valence-electron chi connectivity index (χ3n) is 11.6. The van der Waals surface area contributed by atoms with Gasteiger partial charge in [-0.2, -0.15) is 0 Å². The minimum absolute atomic E-state index is 0.370. The third-order valence-corrected chi connectivity index (χ3v) is 11.6. The van der Waals surface area contributed by atoms with Gasteiger partial charge in [0.1, 0.15) is 0 Å². The smallest absolute Gasteiger partial charge is 0.164 e. The van der Waals surface area contributed by atoms with Crippen LogP contribution < -0.4 is 0 Å². The van der Waals surface area contributed by atoms with Crippen LogP contribution in [0.1, 0.15) is 37.7 Å². The number of fused-ring (bicyclic) bond motifs is 2. The van der Waals surface area contributed by atoms with E-state index in [4.69, 9.17) is 24.9 Å². The standard InChI is InChI=1S/C50H39N5/c1-4-13-35(14-5-1)42-21-10-11-22-43(42)49-54-47(38-17-8-3-9-18-38)53-48(55-49)40-20-12-19-39(31-40)45-32-44(51-46(52-45)37-15-6-2-7-16-37)36-23-25-41(26-24-36)50-29-27-34(33-50)28-30-50/h1-26,31-32,34H,27-30,33H2. The summed E-state index contributed by atoms with van der Waals surface area (Å²) in [5, 5.41) is 0. The van der Waals surface area contributed by atoms with Crippen LogP contribution in [0.3, 0.4) is 0 Å². The first-order valence-electron chi connectivity index (χ1n) is 19.3. The molecule has 55 heavy (non-hydrogen) atoms. The van der Waals surface area contributed by atoms with Crippen LogP contribution in [-0.4, -0.2) is 24.9 Å². The first kappa shape index (κ1) is 33.0. The van der Waals surface area contributed by atoms with Gasteiger partial charge in [-0.25, -0.2) is 24.9 Å². The molecule has 2 bridgehead atoms. The zero-order chi connectivity index (χ0) is 36.6. The molecule has 10 rings (SSSR count). The van der Waals surface area contributed by atoms with Crippen LogP contribution in [0.15, 0.2) is 170 Å². The summed E-state index contributed by atoms with van der Waals surface area (Å²) < 4.78 is 0. The molecule has 2 saturated carbocycles. The van der Waals surface area contributed by atoms with E-state index in [1.165, 1.54) is 37.7 Å². The van der Waals surface area contributed by atoms with Crippen molar-refractivity contribution in [1.29, 1.82) is 0 Å². The minimum Gasteiger partial charge on any atom is -0.228 e. The van der Waals surface area contributed by atoms with E-state index in [-0.39, 0.29) is 0 Å². The zero-order valence-corrected chi connectivity index (χ0v) is 30.5. The average Bonchev–Trinajstić information content (AvgIpc) is 3.90.